The second kappa shape index (κ2) is 12.0. The smallest absolute Gasteiger partial charge is 0.255 e. The van der Waals surface area contributed by atoms with Crippen molar-refractivity contribution in [3.8, 4) is 0 Å². The van der Waals surface area contributed by atoms with Gasteiger partial charge in [-0.2, -0.15) is 0 Å². The normalized spacial score (nSPS) is 11.3. The van der Waals surface area contributed by atoms with Crippen LogP contribution in [0.2, 0.25) is 0 Å². The molecule has 0 saturated heterocycles. The van der Waals surface area contributed by atoms with Gasteiger partial charge in [0.05, 0.1) is 0 Å². The molecule has 3 N–H and O–H groups in total. The lowest BCUT2D eigenvalue weighted by atomic mass is 10.1. The van der Waals surface area contributed by atoms with Gasteiger partial charge in [-0.05, 0) is 78.4 Å². The lowest BCUT2D eigenvalue weighted by Gasteiger charge is -2.17. The second-order valence-corrected chi connectivity index (χ2v) is 9.32. The van der Waals surface area contributed by atoms with E-state index in [0.29, 0.717) is 22.6 Å². The van der Waals surface area contributed by atoms with Gasteiger partial charge >= 0.3 is 0 Å². The minimum Gasteiger partial charge on any atom is -0.326 e. The number of carbonyl (C=O) groups is 3. The number of anilines is 3. The van der Waals surface area contributed by atoms with E-state index in [-0.39, 0.29) is 17.7 Å². The minimum absolute atomic E-state index is 0.168. The molecule has 8 heteroatoms. The number of nitrogens with one attached hydrogen (secondary N) is 3. The molecular weight excluding hydrogens is 489 g/mol. The highest BCUT2D eigenvalue weighted by atomic mass is 32.2. The molecular formula is C29H24FN3O3S. The van der Waals surface area contributed by atoms with Gasteiger partial charge in [0.25, 0.3) is 5.91 Å². The fourth-order valence-electron chi connectivity index (χ4n) is 3.51. The summed E-state index contributed by atoms with van der Waals surface area (Å²) in [6.45, 7) is 1.43. The first-order valence-electron chi connectivity index (χ1n) is 11.4. The summed E-state index contributed by atoms with van der Waals surface area (Å²) in [7, 11) is 0. The van der Waals surface area contributed by atoms with Crippen molar-refractivity contribution in [2.75, 3.05) is 16.0 Å². The molecule has 4 aromatic rings. The van der Waals surface area contributed by atoms with Crippen LogP contribution < -0.4 is 16.0 Å². The van der Waals surface area contributed by atoms with Crippen LogP contribution in [-0.2, 0) is 9.59 Å². The summed E-state index contributed by atoms with van der Waals surface area (Å²) in [4.78, 5) is 37.8. The molecule has 0 aliphatic carbocycles. The zero-order valence-electron chi connectivity index (χ0n) is 19.9. The van der Waals surface area contributed by atoms with E-state index < -0.39 is 11.1 Å². The number of hydrogen-bond acceptors (Lipinski definition) is 4. The third-order valence-corrected chi connectivity index (χ3v) is 6.55. The summed E-state index contributed by atoms with van der Waals surface area (Å²) in [5, 5.41) is 7.90. The average Bonchev–Trinajstić information content (AvgIpc) is 2.90. The number of thioether (sulfide) groups is 1. The van der Waals surface area contributed by atoms with E-state index in [4.69, 9.17) is 0 Å². The Labute approximate surface area is 218 Å². The summed E-state index contributed by atoms with van der Waals surface area (Å²) in [6, 6.07) is 28.8. The maximum Gasteiger partial charge on any atom is 0.255 e. The number of hydrogen-bond donors (Lipinski definition) is 3. The summed E-state index contributed by atoms with van der Waals surface area (Å²) < 4.78 is 13.1. The quantitative estimate of drug-likeness (QED) is 0.235. The molecule has 0 radical (unpaired) electrons. The molecule has 1 unspecified atom stereocenters. The molecule has 37 heavy (non-hydrogen) atoms. The van der Waals surface area contributed by atoms with Gasteiger partial charge < -0.3 is 16.0 Å². The van der Waals surface area contributed by atoms with Gasteiger partial charge in [-0.25, -0.2) is 4.39 Å². The van der Waals surface area contributed by atoms with Gasteiger partial charge in [0.2, 0.25) is 11.8 Å². The fourth-order valence-corrected chi connectivity index (χ4v) is 4.53. The van der Waals surface area contributed by atoms with Gasteiger partial charge in [0, 0.05) is 34.4 Å². The highest BCUT2D eigenvalue weighted by Crippen LogP contribution is 2.36. The van der Waals surface area contributed by atoms with Gasteiger partial charge in [-0.15, -0.1) is 11.8 Å². The molecule has 0 bridgehead atoms. The third kappa shape index (κ3) is 7.28. The van der Waals surface area contributed by atoms with E-state index in [1.165, 1.54) is 43.0 Å². The van der Waals surface area contributed by atoms with Crippen LogP contribution in [0.1, 0.15) is 28.1 Å². The first-order valence-corrected chi connectivity index (χ1v) is 12.3. The van der Waals surface area contributed by atoms with Crippen molar-refractivity contribution in [2.24, 2.45) is 0 Å². The minimum atomic E-state index is -0.532. The molecule has 4 aromatic carbocycles. The molecule has 0 aliphatic heterocycles. The first kappa shape index (κ1) is 25.7. The largest absolute Gasteiger partial charge is 0.326 e. The molecule has 4 rings (SSSR count). The Bertz CT molecular complexity index is 1380. The van der Waals surface area contributed by atoms with Crippen LogP contribution in [0.4, 0.5) is 21.5 Å². The van der Waals surface area contributed by atoms with Crippen molar-refractivity contribution in [3.63, 3.8) is 0 Å². The van der Waals surface area contributed by atoms with Crippen LogP contribution in [0.25, 0.3) is 0 Å². The zero-order valence-corrected chi connectivity index (χ0v) is 20.7. The SMILES string of the molecule is CC(=O)Nc1ccc(NC(=O)C(Sc2ccc(NC(=O)c3ccc(F)cc3)cc2)c2ccccc2)cc1. The summed E-state index contributed by atoms with van der Waals surface area (Å²) in [5.74, 6) is -1.11. The second-order valence-electron chi connectivity index (χ2n) is 8.14. The van der Waals surface area contributed by atoms with E-state index in [0.717, 1.165) is 10.5 Å². The molecule has 0 fully saturated rings. The number of amides is 3. The van der Waals surface area contributed by atoms with E-state index in [9.17, 15) is 18.8 Å². The van der Waals surface area contributed by atoms with E-state index >= 15 is 0 Å². The Balaban J connectivity index is 1.46. The molecule has 0 aliphatic rings. The summed E-state index contributed by atoms with van der Waals surface area (Å²) >= 11 is 1.38. The third-order valence-electron chi connectivity index (χ3n) is 5.29. The molecule has 6 nitrogen and oxygen atoms in total. The van der Waals surface area contributed by atoms with Crippen molar-refractivity contribution < 1.29 is 18.8 Å². The maximum atomic E-state index is 13.3. The Morgan fingerprint density at radius 1 is 0.676 bits per heavy atom. The molecule has 0 saturated carbocycles. The monoisotopic (exact) mass is 513 g/mol. The standard InChI is InChI=1S/C29H24FN3O3S/c1-19(34)31-23-11-13-24(14-12-23)33-29(36)27(20-5-3-2-4-6-20)37-26-17-15-25(16-18-26)32-28(35)21-7-9-22(30)10-8-21/h2-18,27H,1H3,(H,31,34)(H,32,35)(H,33,36). The van der Waals surface area contributed by atoms with Crippen LogP contribution in [-0.4, -0.2) is 17.7 Å². The van der Waals surface area contributed by atoms with Crippen molar-refractivity contribution >= 4 is 46.5 Å². The molecule has 0 spiro atoms. The fraction of sp³-hybridized carbons (Fsp3) is 0.0690. The van der Waals surface area contributed by atoms with Gasteiger partial charge in [-0.1, -0.05) is 30.3 Å². The molecule has 0 aromatic heterocycles. The van der Waals surface area contributed by atoms with Crippen LogP contribution in [0.15, 0.2) is 108 Å². The maximum absolute atomic E-state index is 13.3. The predicted molar refractivity (Wildman–Crippen MR) is 145 cm³/mol. The number of halogens is 1. The Kier molecular flexibility index (Phi) is 8.33. The number of rotatable bonds is 8. The topological polar surface area (TPSA) is 87.3 Å². The number of carbonyl (C=O) groups excluding carboxylic acids is 3. The van der Waals surface area contributed by atoms with Crippen molar-refractivity contribution in [3.05, 3.63) is 120 Å². The first-order chi connectivity index (χ1) is 17.9. The summed E-state index contributed by atoms with van der Waals surface area (Å²) in [5.41, 5.74) is 3.03. The lowest BCUT2D eigenvalue weighted by Crippen LogP contribution is -2.19. The Morgan fingerprint density at radius 3 is 1.81 bits per heavy atom. The predicted octanol–water partition coefficient (Wildman–Crippen LogP) is 6.51. The molecule has 0 heterocycles. The molecule has 3 amide bonds. The molecule has 1 atom stereocenters. The van der Waals surface area contributed by atoms with Crippen LogP contribution >= 0.6 is 11.8 Å². The van der Waals surface area contributed by atoms with Gasteiger partial charge in [0.15, 0.2) is 0 Å². The highest BCUT2D eigenvalue weighted by molar-refractivity contribution is 8.00. The Hall–Kier alpha value is -4.43. The van der Waals surface area contributed by atoms with Crippen molar-refractivity contribution in [1.29, 1.82) is 0 Å². The van der Waals surface area contributed by atoms with Gasteiger partial charge in [-0.3, -0.25) is 14.4 Å². The number of benzene rings is 4. The van der Waals surface area contributed by atoms with E-state index in [2.05, 4.69) is 16.0 Å². The van der Waals surface area contributed by atoms with Crippen LogP contribution in [0.3, 0.4) is 0 Å². The van der Waals surface area contributed by atoms with Gasteiger partial charge in [0.1, 0.15) is 11.1 Å². The van der Waals surface area contributed by atoms with Crippen LogP contribution in [0, 0.1) is 5.82 Å². The van der Waals surface area contributed by atoms with E-state index in [1.54, 1.807) is 36.4 Å². The van der Waals surface area contributed by atoms with Crippen molar-refractivity contribution in [2.45, 2.75) is 17.1 Å². The van der Waals surface area contributed by atoms with E-state index in [1.807, 2.05) is 42.5 Å². The molecule has 186 valence electrons. The summed E-state index contributed by atoms with van der Waals surface area (Å²) in [6.07, 6.45) is 0. The van der Waals surface area contributed by atoms with Crippen molar-refractivity contribution in [1.82, 2.24) is 0 Å². The highest BCUT2D eigenvalue weighted by Gasteiger charge is 2.22. The average molecular weight is 514 g/mol. The Morgan fingerprint density at radius 2 is 1.22 bits per heavy atom. The lowest BCUT2D eigenvalue weighted by molar-refractivity contribution is -0.116. The van der Waals surface area contributed by atoms with Crippen LogP contribution in [0.5, 0.6) is 0 Å². The zero-order chi connectivity index (χ0) is 26.2.